The highest BCUT2D eigenvalue weighted by Gasteiger charge is 2.13. The Labute approximate surface area is 142 Å². The molecular weight excluding hydrogens is 300 g/mol. The number of hydrogen-bond acceptors (Lipinski definition) is 3. The Bertz CT molecular complexity index is 681. The second-order valence-corrected chi connectivity index (χ2v) is 5.52. The van der Waals surface area contributed by atoms with E-state index in [1.165, 1.54) is 0 Å². The van der Waals surface area contributed by atoms with E-state index in [1.807, 2.05) is 72.8 Å². The van der Waals surface area contributed by atoms with Crippen LogP contribution in [0.4, 0.5) is 0 Å². The van der Waals surface area contributed by atoms with E-state index >= 15 is 0 Å². The molecule has 0 fully saturated rings. The lowest BCUT2D eigenvalue weighted by Crippen LogP contribution is -2.09. The summed E-state index contributed by atoms with van der Waals surface area (Å²) in [6, 6.07) is 26.9. The summed E-state index contributed by atoms with van der Waals surface area (Å²) in [4.78, 5) is 0. The first-order valence-corrected chi connectivity index (χ1v) is 7.91. The van der Waals surface area contributed by atoms with Crippen LogP contribution in [-0.2, 0) is 22.7 Å². The molecule has 0 amide bonds. The number of rotatable bonds is 7. The average Bonchev–Trinajstić information content (AvgIpc) is 2.64. The van der Waals surface area contributed by atoms with Crippen LogP contribution >= 0.6 is 0 Å². The van der Waals surface area contributed by atoms with Crippen LogP contribution in [0.15, 0.2) is 84.9 Å². The first-order valence-electron chi connectivity index (χ1n) is 7.91. The van der Waals surface area contributed by atoms with Gasteiger partial charge in [-0.25, -0.2) is 0 Å². The lowest BCUT2D eigenvalue weighted by atomic mass is 10.2. The Morgan fingerprint density at radius 3 is 1.54 bits per heavy atom. The number of ether oxygens (including phenoxy) is 2. The lowest BCUT2D eigenvalue weighted by Gasteiger charge is -2.19. The van der Waals surface area contributed by atoms with Gasteiger partial charge in [0.1, 0.15) is 5.75 Å². The predicted octanol–water partition coefficient (Wildman–Crippen LogP) is 4.82. The molecular formula is C21H20O3. The van der Waals surface area contributed by atoms with Crippen molar-refractivity contribution in [3.8, 4) is 5.75 Å². The number of aromatic hydroxyl groups is 1. The molecule has 1 N–H and O–H groups in total. The van der Waals surface area contributed by atoms with Crippen molar-refractivity contribution in [2.24, 2.45) is 0 Å². The average molecular weight is 320 g/mol. The summed E-state index contributed by atoms with van der Waals surface area (Å²) >= 11 is 0. The van der Waals surface area contributed by atoms with Gasteiger partial charge in [-0.3, -0.25) is 0 Å². The Morgan fingerprint density at radius 2 is 1.08 bits per heavy atom. The van der Waals surface area contributed by atoms with Crippen LogP contribution in [-0.4, -0.2) is 5.11 Å². The quantitative estimate of drug-likeness (QED) is 0.634. The van der Waals surface area contributed by atoms with E-state index < -0.39 is 6.29 Å². The van der Waals surface area contributed by atoms with Gasteiger partial charge in [0.05, 0.1) is 13.2 Å². The Hall–Kier alpha value is -2.62. The lowest BCUT2D eigenvalue weighted by molar-refractivity contribution is -0.161. The monoisotopic (exact) mass is 320 g/mol. The molecule has 3 heteroatoms. The van der Waals surface area contributed by atoms with Crippen LogP contribution in [0.25, 0.3) is 0 Å². The third-order valence-electron chi connectivity index (χ3n) is 3.65. The van der Waals surface area contributed by atoms with Crippen LogP contribution in [0, 0.1) is 0 Å². The minimum absolute atomic E-state index is 0.226. The summed E-state index contributed by atoms with van der Waals surface area (Å²) in [5.41, 5.74) is 3.05. The molecule has 0 spiro atoms. The first kappa shape index (κ1) is 16.2. The van der Waals surface area contributed by atoms with Crippen molar-refractivity contribution < 1.29 is 14.6 Å². The largest absolute Gasteiger partial charge is 0.508 e. The summed E-state index contributed by atoms with van der Waals surface area (Å²) in [5, 5.41) is 9.47. The van der Waals surface area contributed by atoms with Crippen LogP contribution in [0.2, 0.25) is 0 Å². The first-order chi connectivity index (χ1) is 11.8. The Kier molecular flexibility index (Phi) is 5.61. The molecule has 0 saturated carbocycles. The second-order valence-electron chi connectivity index (χ2n) is 5.52. The minimum atomic E-state index is -0.494. The molecule has 0 aliphatic heterocycles. The molecule has 0 radical (unpaired) electrons. The Balaban J connectivity index is 1.69. The molecule has 0 atom stereocenters. The highest BCUT2D eigenvalue weighted by molar-refractivity contribution is 5.27. The second kappa shape index (κ2) is 8.29. The minimum Gasteiger partial charge on any atom is -0.508 e. The molecule has 24 heavy (non-hydrogen) atoms. The van der Waals surface area contributed by atoms with Gasteiger partial charge in [-0.15, -0.1) is 0 Å². The van der Waals surface area contributed by atoms with E-state index in [4.69, 9.17) is 9.47 Å². The van der Waals surface area contributed by atoms with Gasteiger partial charge in [0.25, 0.3) is 0 Å². The molecule has 0 heterocycles. The summed E-state index contributed by atoms with van der Waals surface area (Å²) < 4.78 is 11.9. The van der Waals surface area contributed by atoms with Crippen molar-refractivity contribution in [3.05, 3.63) is 102 Å². The molecule has 0 aliphatic carbocycles. The summed E-state index contributed by atoms with van der Waals surface area (Å²) in [6.45, 7) is 0.919. The Morgan fingerprint density at radius 1 is 0.625 bits per heavy atom. The maximum absolute atomic E-state index is 9.47. The van der Waals surface area contributed by atoms with Gasteiger partial charge in [-0.1, -0.05) is 72.8 Å². The van der Waals surface area contributed by atoms with E-state index in [0.717, 1.165) is 16.7 Å². The van der Waals surface area contributed by atoms with Crippen molar-refractivity contribution in [1.29, 1.82) is 0 Å². The van der Waals surface area contributed by atoms with Gasteiger partial charge < -0.3 is 14.6 Å². The highest BCUT2D eigenvalue weighted by Crippen LogP contribution is 2.24. The molecule has 3 aromatic carbocycles. The van der Waals surface area contributed by atoms with Crippen LogP contribution in [0.3, 0.4) is 0 Å². The molecule has 0 aromatic heterocycles. The molecule has 0 aliphatic rings. The number of benzene rings is 3. The van der Waals surface area contributed by atoms with E-state index in [1.54, 1.807) is 12.1 Å². The standard InChI is InChI=1S/C21H20O3/c22-20-13-11-19(12-14-20)21(23-15-17-7-3-1-4-8-17)24-16-18-9-5-2-6-10-18/h1-14,21-22H,15-16H2. The van der Waals surface area contributed by atoms with E-state index in [9.17, 15) is 5.11 Å². The third-order valence-corrected chi connectivity index (χ3v) is 3.65. The summed E-state index contributed by atoms with van der Waals surface area (Å²) in [7, 11) is 0. The maximum atomic E-state index is 9.47. The molecule has 0 bridgehead atoms. The number of hydrogen-bond donors (Lipinski definition) is 1. The van der Waals surface area contributed by atoms with Gasteiger partial charge in [-0.05, 0) is 23.3 Å². The van der Waals surface area contributed by atoms with E-state index in [0.29, 0.717) is 13.2 Å². The smallest absolute Gasteiger partial charge is 0.184 e. The molecule has 0 saturated heterocycles. The SMILES string of the molecule is Oc1ccc(C(OCc2ccccc2)OCc2ccccc2)cc1. The van der Waals surface area contributed by atoms with Crippen molar-refractivity contribution in [3.63, 3.8) is 0 Å². The number of phenolic OH excluding ortho intramolecular Hbond substituents is 1. The molecule has 122 valence electrons. The summed E-state index contributed by atoms with van der Waals surface area (Å²) in [5.74, 6) is 0.226. The van der Waals surface area contributed by atoms with Gasteiger partial charge in [0.2, 0.25) is 0 Å². The van der Waals surface area contributed by atoms with Crippen LogP contribution < -0.4 is 0 Å². The van der Waals surface area contributed by atoms with Crippen molar-refractivity contribution in [2.45, 2.75) is 19.5 Å². The topological polar surface area (TPSA) is 38.7 Å². The van der Waals surface area contributed by atoms with Gasteiger partial charge >= 0.3 is 0 Å². The normalized spacial score (nSPS) is 10.9. The van der Waals surface area contributed by atoms with Gasteiger partial charge in [0.15, 0.2) is 6.29 Å². The third kappa shape index (κ3) is 4.69. The fourth-order valence-corrected chi connectivity index (χ4v) is 2.36. The van der Waals surface area contributed by atoms with Crippen molar-refractivity contribution in [1.82, 2.24) is 0 Å². The molecule has 3 rings (SSSR count). The van der Waals surface area contributed by atoms with Gasteiger partial charge in [0, 0.05) is 5.56 Å². The van der Waals surface area contributed by atoms with E-state index in [-0.39, 0.29) is 5.75 Å². The van der Waals surface area contributed by atoms with E-state index in [2.05, 4.69) is 0 Å². The van der Waals surface area contributed by atoms with Crippen molar-refractivity contribution >= 4 is 0 Å². The zero-order chi connectivity index (χ0) is 16.6. The van der Waals surface area contributed by atoms with Crippen LogP contribution in [0.5, 0.6) is 5.75 Å². The van der Waals surface area contributed by atoms with Crippen molar-refractivity contribution in [2.75, 3.05) is 0 Å². The maximum Gasteiger partial charge on any atom is 0.184 e. The number of phenols is 1. The highest BCUT2D eigenvalue weighted by atomic mass is 16.7. The fourth-order valence-electron chi connectivity index (χ4n) is 2.36. The van der Waals surface area contributed by atoms with Crippen LogP contribution in [0.1, 0.15) is 23.0 Å². The zero-order valence-electron chi connectivity index (χ0n) is 13.3. The fraction of sp³-hybridized carbons (Fsp3) is 0.143. The molecule has 3 nitrogen and oxygen atoms in total. The predicted molar refractivity (Wildman–Crippen MR) is 93.3 cm³/mol. The summed E-state index contributed by atoms with van der Waals surface area (Å²) in [6.07, 6.45) is -0.494. The zero-order valence-corrected chi connectivity index (χ0v) is 13.3. The molecule has 3 aromatic rings. The van der Waals surface area contributed by atoms with Gasteiger partial charge in [-0.2, -0.15) is 0 Å². The molecule has 0 unspecified atom stereocenters.